The number of hydrogen-bond donors (Lipinski definition) is 0. The summed E-state index contributed by atoms with van der Waals surface area (Å²) in [5.41, 5.74) is 2.38. The number of benzene rings is 1. The van der Waals surface area contributed by atoms with E-state index in [9.17, 15) is 0 Å². The first kappa shape index (κ1) is 10.6. The summed E-state index contributed by atoms with van der Waals surface area (Å²) in [7, 11) is 0. The molecule has 0 unspecified atom stereocenters. The molecule has 0 N–H and O–H groups in total. The van der Waals surface area contributed by atoms with Crippen LogP contribution in [0.15, 0.2) is 16.6 Å². The van der Waals surface area contributed by atoms with Gasteiger partial charge >= 0.3 is 0 Å². The van der Waals surface area contributed by atoms with Crippen molar-refractivity contribution >= 4 is 15.9 Å². The second-order valence-electron chi connectivity index (χ2n) is 3.53. The molecule has 0 aliphatic rings. The molecule has 0 aliphatic heterocycles. The van der Waals surface area contributed by atoms with E-state index in [2.05, 4.69) is 41.9 Å². The normalized spacial score (nSPS) is 10.6. The summed E-state index contributed by atoms with van der Waals surface area (Å²) >= 11 is 3.49. The third kappa shape index (κ3) is 2.73. The molecule has 1 aromatic rings. The van der Waals surface area contributed by atoms with E-state index in [1.807, 2.05) is 13.8 Å². The third-order valence-electron chi connectivity index (χ3n) is 1.82. The van der Waals surface area contributed by atoms with Crippen LogP contribution in [0, 0.1) is 13.8 Å². The molecule has 0 heterocycles. The van der Waals surface area contributed by atoms with Crippen LogP contribution in [0.1, 0.15) is 25.0 Å². The van der Waals surface area contributed by atoms with Crippen molar-refractivity contribution in [2.75, 3.05) is 0 Å². The zero-order valence-corrected chi connectivity index (χ0v) is 10.1. The van der Waals surface area contributed by atoms with E-state index in [4.69, 9.17) is 4.74 Å². The lowest BCUT2D eigenvalue weighted by atomic mass is 10.1. The molecule has 72 valence electrons. The van der Waals surface area contributed by atoms with Crippen molar-refractivity contribution < 1.29 is 4.74 Å². The van der Waals surface area contributed by atoms with Gasteiger partial charge in [-0.15, -0.1) is 0 Å². The number of hydrogen-bond acceptors (Lipinski definition) is 1. The van der Waals surface area contributed by atoms with Crippen LogP contribution in [0.4, 0.5) is 0 Å². The van der Waals surface area contributed by atoms with Crippen LogP contribution in [-0.2, 0) is 0 Å². The molecule has 2 heteroatoms. The highest BCUT2D eigenvalue weighted by Gasteiger charge is 2.04. The second kappa shape index (κ2) is 4.14. The summed E-state index contributed by atoms with van der Waals surface area (Å²) in [6.07, 6.45) is 0.235. The van der Waals surface area contributed by atoms with Gasteiger partial charge in [0.25, 0.3) is 0 Å². The summed E-state index contributed by atoms with van der Waals surface area (Å²) in [5, 5.41) is 0. The molecule has 1 rings (SSSR count). The molecule has 13 heavy (non-hydrogen) atoms. The van der Waals surface area contributed by atoms with Crippen LogP contribution in [0.3, 0.4) is 0 Å². The van der Waals surface area contributed by atoms with Crippen LogP contribution in [0.5, 0.6) is 5.75 Å². The maximum absolute atomic E-state index is 5.66. The van der Waals surface area contributed by atoms with Gasteiger partial charge in [0.05, 0.1) is 6.10 Å². The summed E-state index contributed by atoms with van der Waals surface area (Å²) in [5.74, 6) is 0.982. The van der Waals surface area contributed by atoms with Gasteiger partial charge in [0.15, 0.2) is 0 Å². The lowest BCUT2D eigenvalue weighted by Crippen LogP contribution is -2.06. The Morgan fingerprint density at radius 3 is 2.31 bits per heavy atom. The fraction of sp³-hybridized carbons (Fsp3) is 0.455. The van der Waals surface area contributed by atoms with Gasteiger partial charge < -0.3 is 4.74 Å². The van der Waals surface area contributed by atoms with Crippen molar-refractivity contribution in [2.24, 2.45) is 0 Å². The molecule has 0 atom stereocenters. The molecule has 0 bridgehead atoms. The van der Waals surface area contributed by atoms with Gasteiger partial charge in [0, 0.05) is 4.47 Å². The first-order valence-corrected chi connectivity index (χ1v) is 5.23. The molecule has 0 aliphatic carbocycles. The Balaban J connectivity index is 3.01. The van der Waals surface area contributed by atoms with E-state index >= 15 is 0 Å². The minimum atomic E-state index is 0.235. The number of halogens is 1. The summed E-state index contributed by atoms with van der Waals surface area (Å²) < 4.78 is 6.80. The molecule has 0 aromatic heterocycles. The third-order valence-corrected chi connectivity index (χ3v) is 2.67. The zero-order valence-electron chi connectivity index (χ0n) is 8.52. The van der Waals surface area contributed by atoms with E-state index in [0.29, 0.717) is 0 Å². The topological polar surface area (TPSA) is 9.23 Å². The number of ether oxygens (including phenoxy) is 1. The Kier molecular flexibility index (Phi) is 3.37. The van der Waals surface area contributed by atoms with Crippen molar-refractivity contribution in [3.63, 3.8) is 0 Å². The standard InChI is InChI=1S/C11H15BrO/c1-7(2)13-11-6-8(3)10(12)5-9(11)4/h5-7H,1-4H3. The van der Waals surface area contributed by atoms with Crippen molar-refractivity contribution in [2.45, 2.75) is 33.8 Å². The van der Waals surface area contributed by atoms with Crippen LogP contribution >= 0.6 is 15.9 Å². The van der Waals surface area contributed by atoms with Gasteiger partial charge in [0.1, 0.15) is 5.75 Å². The van der Waals surface area contributed by atoms with E-state index in [1.54, 1.807) is 0 Å². The van der Waals surface area contributed by atoms with Crippen molar-refractivity contribution in [3.05, 3.63) is 27.7 Å². The van der Waals surface area contributed by atoms with Gasteiger partial charge in [-0.05, 0) is 51.0 Å². The highest BCUT2D eigenvalue weighted by atomic mass is 79.9. The molecule has 0 saturated carbocycles. The van der Waals surface area contributed by atoms with E-state index in [1.165, 1.54) is 11.1 Å². The van der Waals surface area contributed by atoms with Crippen molar-refractivity contribution in [1.29, 1.82) is 0 Å². The Morgan fingerprint density at radius 2 is 1.77 bits per heavy atom. The highest BCUT2D eigenvalue weighted by molar-refractivity contribution is 9.10. The quantitative estimate of drug-likeness (QED) is 0.766. The minimum absolute atomic E-state index is 0.235. The van der Waals surface area contributed by atoms with Crippen LogP contribution in [-0.4, -0.2) is 6.10 Å². The van der Waals surface area contributed by atoms with Gasteiger partial charge in [-0.3, -0.25) is 0 Å². The van der Waals surface area contributed by atoms with Gasteiger partial charge in [-0.1, -0.05) is 15.9 Å². The monoisotopic (exact) mass is 242 g/mol. The Morgan fingerprint density at radius 1 is 1.15 bits per heavy atom. The zero-order chi connectivity index (χ0) is 10.0. The summed E-state index contributed by atoms with van der Waals surface area (Å²) in [4.78, 5) is 0. The first-order chi connectivity index (χ1) is 6.00. The lowest BCUT2D eigenvalue weighted by Gasteiger charge is -2.13. The maximum Gasteiger partial charge on any atom is 0.122 e. The van der Waals surface area contributed by atoms with Crippen molar-refractivity contribution in [3.8, 4) is 5.75 Å². The Bertz CT molecular complexity index is 305. The number of rotatable bonds is 2. The Hall–Kier alpha value is -0.500. The molecular formula is C11H15BrO. The lowest BCUT2D eigenvalue weighted by molar-refractivity contribution is 0.240. The molecule has 0 spiro atoms. The fourth-order valence-corrected chi connectivity index (χ4v) is 1.59. The predicted molar refractivity (Wildman–Crippen MR) is 59.4 cm³/mol. The smallest absolute Gasteiger partial charge is 0.122 e. The van der Waals surface area contributed by atoms with Gasteiger partial charge in [-0.25, -0.2) is 0 Å². The SMILES string of the molecule is Cc1cc(OC(C)C)c(C)cc1Br. The molecule has 0 amide bonds. The van der Waals surface area contributed by atoms with E-state index < -0.39 is 0 Å². The predicted octanol–water partition coefficient (Wildman–Crippen LogP) is 3.85. The molecule has 1 nitrogen and oxygen atoms in total. The highest BCUT2D eigenvalue weighted by Crippen LogP contribution is 2.26. The molecule has 0 radical (unpaired) electrons. The number of aryl methyl sites for hydroxylation is 2. The molecule has 0 saturated heterocycles. The van der Waals surface area contributed by atoms with Crippen LogP contribution < -0.4 is 4.74 Å². The molecule has 1 aromatic carbocycles. The molecule has 0 fully saturated rings. The van der Waals surface area contributed by atoms with Crippen LogP contribution in [0.25, 0.3) is 0 Å². The van der Waals surface area contributed by atoms with Crippen LogP contribution in [0.2, 0.25) is 0 Å². The second-order valence-corrected chi connectivity index (χ2v) is 4.39. The fourth-order valence-electron chi connectivity index (χ4n) is 1.14. The van der Waals surface area contributed by atoms with Gasteiger partial charge in [-0.2, -0.15) is 0 Å². The first-order valence-electron chi connectivity index (χ1n) is 4.44. The van der Waals surface area contributed by atoms with E-state index in [0.717, 1.165) is 10.2 Å². The van der Waals surface area contributed by atoms with Crippen molar-refractivity contribution in [1.82, 2.24) is 0 Å². The maximum atomic E-state index is 5.66. The Labute approximate surface area is 88.2 Å². The van der Waals surface area contributed by atoms with Gasteiger partial charge in [0.2, 0.25) is 0 Å². The summed E-state index contributed by atoms with van der Waals surface area (Å²) in [6, 6.07) is 4.16. The molecular weight excluding hydrogens is 228 g/mol. The van der Waals surface area contributed by atoms with E-state index in [-0.39, 0.29) is 6.10 Å². The summed E-state index contributed by atoms with van der Waals surface area (Å²) in [6.45, 7) is 8.20. The minimum Gasteiger partial charge on any atom is -0.491 e. The average Bonchev–Trinajstić information content (AvgIpc) is 1.99. The largest absolute Gasteiger partial charge is 0.491 e. The average molecular weight is 243 g/mol.